The standard InChI is InChI=1S/C21H19F2N3O2/c1-3-11-26-13(2)18(20(27)24-15-7-5-4-6-8-15)19(25-21(26)28)16-10-9-14(22)12-17(16)23/h3-10,12,19H,1,11H2,2H3,(H,24,27)(H,25,28). The van der Waals surface area contributed by atoms with Crippen molar-refractivity contribution in [3.05, 3.63) is 89.7 Å². The summed E-state index contributed by atoms with van der Waals surface area (Å²) in [6.45, 7) is 5.40. The number of nitrogens with one attached hydrogen (secondary N) is 2. The molecule has 5 nitrogen and oxygen atoms in total. The summed E-state index contributed by atoms with van der Waals surface area (Å²) in [6.07, 6.45) is 1.52. The molecule has 1 atom stereocenters. The lowest BCUT2D eigenvalue weighted by atomic mass is 9.93. The summed E-state index contributed by atoms with van der Waals surface area (Å²) < 4.78 is 27.8. The molecule has 2 N–H and O–H groups in total. The molecule has 1 unspecified atom stereocenters. The molecule has 144 valence electrons. The van der Waals surface area contributed by atoms with Crippen LogP contribution >= 0.6 is 0 Å². The summed E-state index contributed by atoms with van der Waals surface area (Å²) in [5.74, 6) is -2.08. The number of rotatable bonds is 5. The van der Waals surface area contributed by atoms with E-state index in [2.05, 4.69) is 17.2 Å². The van der Waals surface area contributed by atoms with Gasteiger partial charge in [0.15, 0.2) is 0 Å². The second-order valence-electron chi connectivity index (χ2n) is 6.27. The number of urea groups is 1. The number of anilines is 1. The predicted octanol–water partition coefficient (Wildman–Crippen LogP) is 4.13. The molecule has 0 spiro atoms. The van der Waals surface area contributed by atoms with Crippen molar-refractivity contribution in [1.29, 1.82) is 0 Å². The molecule has 0 saturated heterocycles. The molecule has 3 amide bonds. The fourth-order valence-corrected chi connectivity index (χ4v) is 3.11. The van der Waals surface area contributed by atoms with Crippen LogP contribution in [0.5, 0.6) is 0 Å². The van der Waals surface area contributed by atoms with Crippen LogP contribution in [0, 0.1) is 11.6 Å². The van der Waals surface area contributed by atoms with Crippen LogP contribution in [-0.2, 0) is 4.79 Å². The largest absolute Gasteiger partial charge is 0.326 e. The van der Waals surface area contributed by atoms with E-state index in [-0.39, 0.29) is 17.7 Å². The van der Waals surface area contributed by atoms with Crippen LogP contribution in [0.15, 0.2) is 72.5 Å². The SMILES string of the molecule is C=CCN1C(=O)NC(c2ccc(F)cc2F)C(C(=O)Nc2ccccc2)=C1C. The Hall–Kier alpha value is -3.48. The summed E-state index contributed by atoms with van der Waals surface area (Å²) >= 11 is 0. The van der Waals surface area contributed by atoms with E-state index in [0.717, 1.165) is 12.1 Å². The van der Waals surface area contributed by atoms with E-state index in [4.69, 9.17) is 0 Å². The van der Waals surface area contributed by atoms with Crippen molar-refractivity contribution in [3.8, 4) is 0 Å². The first-order valence-corrected chi connectivity index (χ1v) is 8.63. The van der Waals surface area contributed by atoms with Crippen molar-refractivity contribution in [2.24, 2.45) is 0 Å². The fourth-order valence-electron chi connectivity index (χ4n) is 3.11. The summed E-state index contributed by atoms with van der Waals surface area (Å²) in [5, 5.41) is 5.39. The van der Waals surface area contributed by atoms with Crippen LogP contribution in [0.2, 0.25) is 0 Å². The monoisotopic (exact) mass is 383 g/mol. The molecule has 2 aromatic carbocycles. The van der Waals surface area contributed by atoms with Gasteiger partial charge in [0.1, 0.15) is 11.6 Å². The molecule has 1 aliphatic rings. The molecule has 0 bridgehead atoms. The van der Waals surface area contributed by atoms with Crippen molar-refractivity contribution in [1.82, 2.24) is 10.2 Å². The lowest BCUT2D eigenvalue weighted by molar-refractivity contribution is -0.113. The Balaban J connectivity index is 2.07. The highest BCUT2D eigenvalue weighted by molar-refractivity contribution is 6.06. The van der Waals surface area contributed by atoms with E-state index in [1.54, 1.807) is 31.2 Å². The molecule has 0 radical (unpaired) electrons. The van der Waals surface area contributed by atoms with Crippen molar-refractivity contribution >= 4 is 17.6 Å². The van der Waals surface area contributed by atoms with E-state index < -0.39 is 29.6 Å². The van der Waals surface area contributed by atoms with E-state index in [9.17, 15) is 18.4 Å². The minimum atomic E-state index is -1.06. The molecule has 0 aliphatic carbocycles. The molecular formula is C21H19F2N3O2. The number of para-hydroxylation sites is 1. The van der Waals surface area contributed by atoms with Crippen molar-refractivity contribution in [3.63, 3.8) is 0 Å². The first-order valence-electron chi connectivity index (χ1n) is 8.63. The maximum Gasteiger partial charge on any atom is 0.322 e. The van der Waals surface area contributed by atoms with Crippen molar-refractivity contribution < 1.29 is 18.4 Å². The van der Waals surface area contributed by atoms with Gasteiger partial charge in [0.05, 0.1) is 11.6 Å². The molecular weight excluding hydrogens is 364 g/mol. The zero-order valence-corrected chi connectivity index (χ0v) is 15.2. The van der Waals surface area contributed by atoms with Gasteiger partial charge in [-0.1, -0.05) is 30.3 Å². The van der Waals surface area contributed by atoms with Gasteiger partial charge in [-0.3, -0.25) is 9.69 Å². The average molecular weight is 383 g/mol. The minimum absolute atomic E-state index is 0.00515. The quantitative estimate of drug-likeness (QED) is 0.763. The number of amides is 3. The molecule has 1 aliphatic heterocycles. The lowest BCUT2D eigenvalue weighted by Crippen LogP contribution is -2.48. The van der Waals surface area contributed by atoms with Crippen LogP contribution in [0.3, 0.4) is 0 Å². The Morgan fingerprint density at radius 1 is 1.25 bits per heavy atom. The second kappa shape index (κ2) is 8.04. The first-order chi connectivity index (χ1) is 13.4. The molecule has 2 aromatic rings. The van der Waals surface area contributed by atoms with Gasteiger partial charge in [-0.2, -0.15) is 0 Å². The zero-order valence-electron chi connectivity index (χ0n) is 15.2. The highest BCUT2D eigenvalue weighted by Crippen LogP contribution is 2.32. The second-order valence-corrected chi connectivity index (χ2v) is 6.27. The van der Waals surface area contributed by atoms with E-state index in [1.165, 1.54) is 17.0 Å². The van der Waals surface area contributed by atoms with Crippen LogP contribution in [0.1, 0.15) is 18.5 Å². The smallest absolute Gasteiger partial charge is 0.322 e. The molecule has 7 heteroatoms. The van der Waals surface area contributed by atoms with Gasteiger partial charge >= 0.3 is 6.03 Å². The van der Waals surface area contributed by atoms with Gasteiger partial charge in [0.2, 0.25) is 0 Å². The maximum atomic E-state index is 14.4. The molecule has 0 fully saturated rings. The molecule has 0 aromatic heterocycles. The number of allylic oxidation sites excluding steroid dienone is 1. The third-order valence-corrected chi connectivity index (χ3v) is 4.46. The normalized spacial score (nSPS) is 16.6. The van der Waals surface area contributed by atoms with E-state index in [1.807, 2.05) is 6.07 Å². The van der Waals surface area contributed by atoms with Gasteiger partial charge in [0.25, 0.3) is 5.91 Å². The Morgan fingerprint density at radius 2 is 1.96 bits per heavy atom. The molecule has 1 heterocycles. The highest BCUT2D eigenvalue weighted by atomic mass is 19.1. The molecule has 28 heavy (non-hydrogen) atoms. The van der Waals surface area contributed by atoms with Crippen LogP contribution in [0.25, 0.3) is 0 Å². The number of nitrogens with zero attached hydrogens (tertiary/aromatic N) is 1. The van der Waals surface area contributed by atoms with Crippen LogP contribution in [0.4, 0.5) is 19.3 Å². The maximum absolute atomic E-state index is 14.4. The molecule has 0 saturated carbocycles. The third-order valence-electron chi connectivity index (χ3n) is 4.46. The Labute approximate surface area is 161 Å². The third kappa shape index (κ3) is 3.78. The highest BCUT2D eigenvalue weighted by Gasteiger charge is 2.36. The van der Waals surface area contributed by atoms with Crippen LogP contribution in [-0.4, -0.2) is 23.4 Å². The fraction of sp³-hybridized carbons (Fsp3) is 0.143. The van der Waals surface area contributed by atoms with Gasteiger partial charge in [0, 0.05) is 29.6 Å². The zero-order chi connectivity index (χ0) is 20.3. The molecule has 3 rings (SSSR count). The summed E-state index contributed by atoms with van der Waals surface area (Å²) in [7, 11) is 0. The average Bonchev–Trinajstić information content (AvgIpc) is 2.65. The van der Waals surface area contributed by atoms with Gasteiger partial charge in [-0.05, 0) is 25.1 Å². The number of benzene rings is 2. The van der Waals surface area contributed by atoms with Gasteiger partial charge in [-0.25, -0.2) is 13.6 Å². The van der Waals surface area contributed by atoms with E-state index >= 15 is 0 Å². The van der Waals surface area contributed by atoms with E-state index in [0.29, 0.717) is 11.4 Å². The van der Waals surface area contributed by atoms with Crippen molar-refractivity contribution in [2.45, 2.75) is 13.0 Å². The summed E-state index contributed by atoms with van der Waals surface area (Å²) in [5.41, 5.74) is 1.09. The summed E-state index contributed by atoms with van der Waals surface area (Å²) in [6, 6.07) is 10.2. The number of hydrogen-bond donors (Lipinski definition) is 2. The van der Waals surface area contributed by atoms with Gasteiger partial charge in [-0.15, -0.1) is 6.58 Å². The van der Waals surface area contributed by atoms with Crippen LogP contribution < -0.4 is 10.6 Å². The number of carbonyl (C=O) groups excluding carboxylic acids is 2. The Kier molecular flexibility index (Phi) is 5.54. The predicted molar refractivity (Wildman–Crippen MR) is 102 cm³/mol. The minimum Gasteiger partial charge on any atom is -0.326 e. The number of hydrogen-bond acceptors (Lipinski definition) is 2. The lowest BCUT2D eigenvalue weighted by Gasteiger charge is -2.35. The summed E-state index contributed by atoms with van der Waals surface area (Å²) in [4.78, 5) is 26.9. The first kappa shape index (κ1) is 19.3. The number of carbonyl (C=O) groups is 2. The Morgan fingerprint density at radius 3 is 2.61 bits per heavy atom. The van der Waals surface area contributed by atoms with Gasteiger partial charge < -0.3 is 10.6 Å². The Bertz CT molecular complexity index is 957. The van der Waals surface area contributed by atoms with Crippen molar-refractivity contribution in [2.75, 3.05) is 11.9 Å². The number of halogens is 2. The topological polar surface area (TPSA) is 61.4 Å².